The number of hydrogen-bond acceptors (Lipinski definition) is 6. The van der Waals surface area contributed by atoms with Crippen LogP contribution in [-0.4, -0.2) is 40.8 Å². The number of carbonyl (C=O) groups excluding carboxylic acids is 2. The van der Waals surface area contributed by atoms with E-state index in [-0.39, 0.29) is 19.4 Å². The Morgan fingerprint density at radius 2 is 1.74 bits per heavy atom. The molecule has 8 heteroatoms. The number of hydrogen-bond donors (Lipinski definition) is 3. The van der Waals surface area contributed by atoms with E-state index in [2.05, 4.69) is 5.32 Å². The average Bonchev–Trinajstić information content (AvgIpc) is 2.70. The van der Waals surface area contributed by atoms with Crippen molar-refractivity contribution in [2.75, 3.05) is 0 Å². The quantitative estimate of drug-likeness (QED) is 0.555. The van der Waals surface area contributed by atoms with Gasteiger partial charge in [-0.15, -0.1) is 0 Å². The average molecular weight is 437 g/mol. The molecule has 31 heavy (non-hydrogen) atoms. The first-order valence-electron chi connectivity index (χ1n) is 10.7. The summed E-state index contributed by atoms with van der Waals surface area (Å²) in [6.45, 7) is 5.20. The lowest BCUT2D eigenvalue weighted by molar-refractivity contribution is -0.155. The highest BCUT2D eigenvalue weighted by Crippen LogP contribution is 2.14. The molecule has 2 rings (SSSR count). The lowest BCUT2D eigenvalue weighted by Crippen LogP contribution is -2.41. The molecule has 1 aliphatic carbocycles. The molecule has 1 fully saturated rings. The molecule has 1 aromatic carbocycles. The summed E-state index contributed by atoms with van der Waals surface area (Å²) in [5.74, 6) is -1.76. The van der Waals surface area contributed by atoms with Crippen LogP contribution >= 0.6 is 0 Å². The standard InChI is InChI=1S/C17H23NO6.C6H13N/c1-17(2,3)24-14(19)10-9-13(15(20)21)18-16(22)23-11-12-7-5-4-6-8-12;7-6-4-2-1-3-5-6/h4-8,13H,9-11H2,1-3H3,(H,18,22)(H,20,21);6H,1-5,7H2. The first-order valence-corrected chi connectivity index (χ1v) is 10.7. The van der Waals surface area contributed by atoms with Gasteiger partial charge in [0.2, 0.25) is 0 Å². The van der Waals surface area contributed by atoms with Gasteiger partial charge in [-0.25, -0.2) is 9.59 Å². The number of carbonyl (C=O) groups is 3. The van der Waals surface area contributed by atoms with E-state index in [0.29, 0.717) is 6.04 Å². The van der Waals surface area contributed by atoms with Crippen molar-refractivity contribution in [2.24, 2.45) is 5.73 Å². The van der Waals surface area contributed by atoms with Crippen LogP contribution in [0.25, 0.3) is 0 Å². The van der Waals surface area contributed by atoms with Crippen molar-refractivity contribution >= 4 is 18.0 Å². The fourth-order valence-corrected chi connectivity index (χ4v) is 2.95. The van der Waals surface area contributed by atoms with Crippen LogP contribution in [0.15, 0.2) is 30.3 Å². The number of aliphatic carboxylic acids is 1. The second kappa shape index (κ2) is 13.6. The minimum absolute atomic E-state index is 0.0328. The third kappa shape index (κ3) is 13.3. The van der Waals surface area contributed by atoms with Gasteiger partial charge in [-0.05, 0) is 45.6 Å². The number of alkyl carbamates (subject to hydrolysis) is 1. The van der Waals surface area contributed by atoms with Gasteiger partial charge in [-0.3, -0.25) is 4.79 Å². The van der Waals surface area contributed by atoms with Gasteiger partial charge in [0, 0.05) is 12.5 Å². The van der Waals surface area contributed by atoms with E-state index in [1.807, 2.05) is 6.07 Å². The number of ether oxygens (including phenoxy) is 2. The molecule has 0 bridgehead atoms. The van der Waals surface area contributed by atoms with Crippen LogP contribution in [-0.2, 0) is 25.7 Å². The van der Waals surface area contributed by atoms with Gasteiger partial charge < -0.3 is 25.6 Å². The Bertz CT molecular complexity index is 681. The molecule has 1 saturated carbocycles. The van der Waals surface area contributed by atoms with Crippen molar-refractivity contribution in [2.45, 2.75) is 90.0 Å². The number of rotatable bonds is 7. The van der Waals surface area contributed by atoms with E-state index in [4.69, 9.17) is 20.3 Å². The lowest BCUT2D eigenvalue weighted by atomic mass is 9.97. The first kappa shape index (κ1) is 26.4. The highest BCUT2D eigenvalue weighted by Gasteiger charge is 2.24. The summed E-state index contributed by atoms with van der Waals surface area (Å²) in [7, 11) is 0. The van der Waals surface area contributed by atoms with Crippen LogP contribution < -0.4 is 11.1 Å². The first-order chi connectivity index (χ1) is 14.6. The van der Waals surface area contributed by atoms with E-state index in [1.165, 1.54) is 32.1 Å². The number of carboxylic acid groups (broad SMARTS) is 1. The van der Waals surface area contributed by atoms with E-state index in [0.717, 1.165) is 5.56 Å². The number of carboxylic acids is 1. The summed E-state index contributed by atoms with van der Waals surface area (Å²) in [5, 5.41) is 11.4. The van der Waals surface area contributed by atoms with Crippen molar-refractivity contribution in [3.63, 3.8) is 0 Å². The highest BCUT2D eigenvalue weighted by atomic mass is 16.6. The summed E-state index contributed by atoms with van der Waals surface area (Å²) in [5.41, 5.74) is 5.78. The summed E-state index contributed by atoms with van der Waals surface area (Å²) < 4.78 is 10.1. The van der Waals surface area contributed by atoms with Gasteiger partial charge in [0.1, 0.15) is 18.2 Å². The van der Waals surface area contributed by atoms with E-state index < -0.39 is 29.7 Å². The predicted molar refractivity (Wildman–Crippen MR) is 117 cm³/mol. The van der Waals surface area contributed by atoms with Gasteiger partial charge >= 0.3 is 18.0 Å². The summed E-state index contributed by atoms with van der Waals surface area (Å²) in [6.07, 6.45) is 5.61. The summed E-state index contributed by atoms with van der Waals surface area (Å²) >= 11 is 0. The van der Waals surface area contributed by atoms with Gasteiger partial charge in [0.25, 0.3) is 0 Å². The Balaban J connectivity index is 0.000000577. The number of benzene rings is 1. The second-order valence-corrected chi connectivity index (χ2v) is 8.62. The molecule has 0 saturated heterocycles. The zero-order valence-corrected chi connectivity index (χ0v) is 18.8. The van der Waals surface area contributed by atoms with Crippen molar-refractivity contribution in [3.05, 3.63) is 35.9 Å². The molecule has 0 spiro atoms. The molecule has 0 heterocycles. The normalized spacial score (nSPS) is 15.1. The van der Waals surface area contributed by atoms with Gasteiger partial charge in [-0.1, -0.05) is 49.6 Å². The van der Waals surface area contributed by atoms with Crippen molar-refractivity contribution in [1.29, 1.82) is 0 Å². The van der Waals surface area contributed by atoms with Crippen LogP contribution in [0.3, 0.4) is 0 Å². The topological polar surface area (TPSA) is 128 Å². The minimum Gasteiger partial charge on any atom is -0.480 e. The molecule has 1 unspecified atom stereocenters. The van der Waals surface area contributed by atoms with Crippen molar-refractivity contribution < 1.29 is 29.0 Å². The highest BCUT2D eigenvalue weighted by molar-refractivity contribution is 5.80. The summed E-state index contributed by atoms with van der Waals surface area (Å²) in [6, 6.07) is 8.32. The smallest absolute Gasteiger partial charge is 0.408 e. The predicted octanol–water partition coefficient (Wildman–Crippen LogP) is 3.77. The van der Waals surface area contributed by atoms with Gasteiger partial charge in [0.15, 0.2) is 0 Å². The van der Waals surface area contributed by atoms with E-state index >= 15 is 0 Å². The lowest BCUT2D eigenvalue weighted by Gasteiger charge is -2.20. The molecule has 1 aliphatic rings. The Morgan fingerprint density at radius 1 is 1.13 bits per heavy atom. The molecule has 1 aromatic rings. The monoisotopic (exact) mass is 436 g/mol. The third-order valence-electron chi connectivity index (χ3n) is 4.51. The van der Waals surface area contributed by atoms with Gasteiger partial charge in [0.05, 0.1) is 0 Å². The molecule has 1 amide bonds. The maximum atomic E-state index is 11.7. The number of nitrogens with two attached hydrogens (primary N) is 1. The van der Waals surface area contributed by atoms with E-state index in [9.17, 15) is 14.4 Å². The number of esters is 1. The molecule has 0 radical (unpaired) electrons. The molecule has 174 valence electrons. The third-order valence-corrected chi connectivity index (χ3v) is 4.51. The van der Waals surface area contributed by atoms with Crippen LogP contribution in [0.1, 0.15) is 71.3 Å². The minimum atomic E-state index is -1.24. The molecule has 0 aliphatic heterocycles. The zero-order chi connectivity index (χ0) is 23.3. The van der Waals surface area contributed by atoms with Gasteiger partial charge in [-0.2, -0.15) is 0 Å². The largest absolute Gasteiger partial charge is 0.480 e. The van der Waals surface area contributed by atoms with Crippen LogP contribution in [0.2, 0.25) is 0 Å². The maximum Gasteiger partial charge on any atom is 0.408 e. The summed E-state index contributed by atoms with van der Waals surface area (Å²) in [4.78, 5) is 34.5. The Labute approximate surface area is 184 Å². The molecule has 4 N–H and O–H groups in total. The van der Waals surface area contributed by atoms with Crippen LogP contribution in [0.5, 0.6) is 0 Å². The SMILES string of the molecule is CC(C)(C)OC(=O)CCC(NC(=O)OCc1ccccc1)C(=O)O.NC1CCCCC1. The fraction of sp³-hybridized carbons (Fsp3) is 0.609. The Hall–Kier alpha value is -2.61. The Kier molecular flexibility index (Phi) is 11.6. The molecular weight excluding hydrogens is 400 g/mol. The number of amides is 1. The van der Waals surface area contributed by atoms with E-state index in [1.54, 1.807) is 45.0 Å². The number of nitrogens with one attached hydrogen (secondary N) is 1. The van der Waals surface area contributed by atoms with Crippen LogP contribution in [0, 0.1) is 0 Å². The van der Waals surface area contributed by atoms with Crippen molar-refractivity contribution in [3.8, 4) is 0 Å². The maximum absolute atomic E-state index is 11.7. The Morgan fingerprint density at radius 3 is 2.23 bits per heavy atom. The molecule has 1 atom stereocenters. The molecule has 0 aromatic heterocycles. The van der Waals surface area contributed by atoms with Crippen molar-refractivity contribution in [1.82, 2.24) is 5.32 Å². The molecule has 8 nitrogen and oxygen atoms in total. The second-order valence-electron chi connectivity index (χ2n) is 8.62. The van der Waals surface area contributed by atoms with Crippen LogP contribution in [0.4, 0.5) is 4.79 Å². The fourth-order valence-electron chi connectivity index (χ4n) is 2.95. The zero-order valence-electron chi connectivity index (χ0n) is 18.8. The molecular formula is C23H36N2O6.